The smallest absolute Gasteiger partial charge is 0.278 e. The molecule has 23 heavy (non-hydrogen) atoms. The first-order chi connectivity index (χ1) is 11.1. The highest BCUT2D eigenvalue weighted by Crippen LogP contribution is 2.17. The fourth-order valence-corrected chi connectivity index (χ4v) is 2.29. The van der Waals surface area contributed by atoms with Crippen molar-refractivity contribution in [3.63, 3.8) is 0 Å². The number of nitrogens with zero attached hydrogens (tertiary/aromatic N) is 3. The van der Waals surface area contributed by atoms with E-state index in [2.05, 4.69) is 15.6 Å². The van der Waals surface area contributed by atoms with Gasteiger partial charge in [0, 0.05) is 0 Å². The van der Waals surface area contributed by atoms with Crippen LogP contribution in [0.2, 0.25) is 0 Å². The van der Waals surface area contributed by atoms with Crippen molar-refractivity contribution in [1.29, 1.82) is 0 Å². The van der Waals surface area contributed by atoms with Gasteiger partial charge in [-0.25, -0.2) is 9.07 Å². The van der Waals surface area contributed by atoms with Crippen LogP contribution in [-0.2, 0) is 0 Å². The minimum Gasteiger partial charge on any atom is -0.318 e. The number of aromatic nitrogens is 3. The Kier molecular flexibility index (Phi) is 3.89. The lowest BCUT2D eigenvalue weighted by atomic mass is 10.2. The Bertz CT molecular complexity index is 873. The lowest BCUT2D eigenvalue weighted by Crippen LogP contribution is -2.15. The van der Waals surface area contributed by atoms with Gasteiger partial charge in [-0.05, 0) is 43.7 Å². The van der Waals surface area contributed by atoms with Crippen molar-refractivity contribution in [2.24, 2.45) is 0 Å². The molecule has 3 aromatic rings. The Morgan fingerprint density at radius 2 is 1.91 bits per heavy atom. The summed E-state index contributed by atoms with van der Waals surface area (Å²) in [7, 11) is 0. The largest absolute Gasteiger partial charge is 0.318 e. The van der Waals surface area contributed by atoms with Gasteiger partial charge in [-0.2, -0.15) is 0 Å². The second kappa shape index (κ2) is 6.00. The van der Waals surface area contributed by atoms with Gasteiger partial charge in [-0.3, -0.25) is 4.79 Å². The predicted octanol–water partition coefficient (Wildman–Crippen LogP) is 3.28. The molecule has 0 bridgehead atoms. The van der Waals surface area contributed by atoms with E-state index >= 15 is 0 Å². The molecule has 5 nitrogen and oxygen atoms in total. The number of carbonyl (C=O) groups is 1. The Morgan fingerprint density at radius 3 is 2.65 bits per heavy atom. The Balaban J connectivity index is 1.90. The number of benzene rings is 2. The Labute approximate surface area is 132 Å². The van der Waals surface area contributed by atoms with E-state index in [1.54, 1.807) is 23.7 Å². The number of anilines is 1. The number of para-hydroxylation sites is 1. The molecule has 6 heteroatoms. The zero-order valence-corrected chi connectivity index (χ0v) is 12.7. The summed E-state index contributed by atoms with van der Waals surface area (Å²) >= 11 is 0. The zero-order valence-electron chi connectivity index (χ0n) is 12.7. The van der Waals surface area contributed by atoms with Crippen LogP contribution in [0, 0.1) is 19.7 Å². The number of rotatable bonds is 3. The molecule has 0 saturated heterocycles. The van der Waals surface area contributed by atoms with Crippen molar-refractivity contribution >= 4 is 11.6 Å². The second-order valence-electron chi connectivity index (χ2n) is 5.21. The summed E-state index contributed by atoms with van der Waals surface area (Å²) in [6.07, 6.45) is 0. The summed E-state index contributed by atoms with van der Waals surface area (Å²) in [6.45, 7) is 3.72. The van der Waals surface area contributed by atoms with E-state index in [9.17, 15) is 9.18 Å². The monoisotopic (exact) mass is 310 g/mol. The van der Waals surface area contributed by atoms with Crippen LogP contribution >= 0.6 is 0 Å². The second-order valence-corrected chi connectivity index (χ2v) is 5.21. The van der Waals surface area contributed by atoms with Crippen LogP contribution in [0.15, 0.2) is 48.5 Å². The van der Waals surface area contributed by atoms with Gasteiger partial charge in [-0.1, -0.05) is 29.5 Å². The average molecular weight is 310 g/mol. The molecule has 0 saturated carbocycles. The summed E-state index contributed by atoms with van der Waals surface area (Å²) in [5.74, 6) is -0.990. The van der Waals surface area contributed by atoms with E-state index in [4.69, 9.17) is 0 Å². The summed E-state index contributed by atoms with van der Waals surface area (Å²) in [6, 6.07) is 13.7. The number of halogens is 1. The van der Waals surface area contributed by atoms with Crippen molar-refractivity contribution in [1.82, 2.24) is 15.0 Å². The van der Waals surface area contributed by atoms with Crippen LogP contribution in [0.1, 0.15) is 21.7 Å². The first kappa shape index (κ1) is 14.9. The molecule has 0 spiro atoms. The molecule has 3 rings (SSSR count). The van der Waals surface area contributed by atoms with Crippen LogP contribution in [0.4, 0.5) is 10.1 Å². The summed E-state index contributed by atoms with van der Waals surface area (Å²) < 4.78 is 15.2. The third-order valence-corrected chi connectivity index (χ3v) is 3.48. The van der Waals surface area contributed by atoms with Gasteiger partial charge in [0.25, 0.3) is 5.91 Å². The number of nitrogens with one attached hydrogen (secondary N) is 1. The normalized spacial score (nSPS) is 10.6. The molecule has 0 aliphatic rings. The summed E-state index contributed by atoms with van der Waals surface area (Å²) in [5, 5.41) is 10.5. The van der Waals surface area contributed by atoms with Crippen LogP contribution in [-0.4, -0.2) is 20.9 Å². The van der Waals surface area contributed by atoms with Crippen molar-refractivity contribution in [3.8, 4) is 5.69 Å². The first-order valence-electron chi connectivity index (χ1n) is 7.11. The van der Waals surface area contributed by atoms with Crippen LogP contribution in [0.3, 0.4) is 0 Å². The molecule has 1 N–H and O–H groups in total. The Hall–Kier alpha value is -3.02. The SMILES string of the molecule is Cc1cccc(-n2nnc(C(=O)Nc3ccccc3F)c2C)c1. The van der Waals surface area contributed by atoms with Crippen LogP contribution in [0.5, 0.6) is 0 Å². The van der Waals surface area contributed by atoms with Crippen LogP contribution in [0.25, 0.3) is 5.69 Å². The van der Waals surface area contributed by atoms with E-state index in [0.29, 0.717) is 5.69 Å². The molecule has 0 radical (unpaired) electrons. The topological polar surface area (TPSA) is 59.8 Å². The van der Waals surface area contributed by atoms with Gasteiger partial charge < -0.3 is 5.32 Å². The van der Waals surface area contributed by atoms with E-state index in [-0.39, 0.29) is 11.4 Å². The van der Waals surface area contributed by atoms with Crippen molar-refractivity contribution in [2.45, 2.75) is 13.8 Å². The maximum absolute atomic E-state index is 13.6. The van der Waals surface area contributed by atoms with Crippen molar-refractivity contribution in [2.75, 3.05) is 5.32 Å². The molecule has 0 aliphatic heterocycles. The number of carbonyl (C=O) groups excluding carboxylic acids is 1. The first-order valence-corrected chi connectivity index (χ1v) is 7.11. The third-order valence-electron chi connectivity index (χ3n) is 3.48. The lowest BCUT2D eigenvalue weighted by Gasteiger charge is -2.06. The number of hydrogen-bond donors (Lipinski definition) is 1. The standard InChI is InChI=1S/C17H15FN4O/c1-11-6-5-7-13(10-11)22-12(2)16(20-21-22)17(23)19-15-9-4-3-8-14(15)18/h3-10H,1-2H3,(H,19,23). The molecule has 1 heterocycles. The minimum absolute atomic E-state index is 0.113. The van der Waals surface area contributed by atoms with E-state index in [1.807, 2.05) is 31.2 Å². The summed E-state index contributed by atoms with van der Waals surface area (Å²) in [5.41, 5.74) is 2.76. The molecule has 2 aromatic carbocycles. The van der Waals surface area contributed by atoms with Gasteiger partial charge >= 0.3 is 0 Å². The average Bonchev–Trinajstić information content (AvgIpc) is 2.91. The number of aryl methyl sites for hydroxylation is 1. The number of hydrogen-bond acceptors (Lipinski definition) is 3. The molecule has 0 unspecified atom stereocenters. The fourth-order valence-electron chi connectivity index (χ4n) is 2.29. The van der Waals surface area contributed by atoms with Gasteiger partial charge in [0.05, 0.1) is 17.1 Å². The molecule has 116 valence electrons. The highest BCUT2D eigenvalue weighted by Gasteiger charge is 2.18. The molecule has 0 atom stereocenters. The molecular weight excluding hydrogens is 295 g/mol. The number of amides is 1. The molecule has 1 amide bonds. The fraction of sp³-hybridized carbons (Fsp3) is 0.118. The van der Waals surface area contributed by atoms with E-state index in [0.717, 1.165) is 11.3 Å². The quantitative estimate of drug-likeness (QED) is 0.807. The maximum Gasteiger partial charge on any atom is 0.278 e. The third kappa shape index (κ3) is 2.96. The lowest BCUT2D eigenvalue weighted by molar-refractivity contribution is 0.102. The van der Waals surface area contributed by atoms with Gasteiger partial charge in [-0.15, -0.1) is 5.10 Å². The van der Waals surface area contributed by atoms with E-state index < -0.39 is 11.7 Å². The van der Waals surface area contributed by atoms with Crippen LogP contribution < -0.4 is 5.32 Å². The van der Waals surface area contributed by atoms with Gasteiger partial charge in [0.2, 0.25) is 0 Å². The predicted molar refractivity (Wildman–Crippen MR) is 85.2 cm³/mol. The Morgan fingerprint density at radius 1 is 1.13 bits per heavy atom. The molecular formula is C17H15FN4O. The minimum atomic E-state index is -0.496. The highest BCUT2D eigenvalue weighted by molar-refractivity contribution is 6.03. The van der Waals surface area contributed by atoms with Gasteiger partial charge in [0.15, 0.2) is 5.69 Å². The maximum atomic E-state index is 13.6. The molecule has 1 aromatic heterocycles. The molecule has 0 aliphatic carbocycles. The van der Waals surface area contributed by atoms with Crippen molar-refractivity contribution in [3.05, 3.63) is 71.3 Å². The van der Waals surface area contributed by atoms with Gasteiger partial charge in [0.1, 0.15) is 5.82 Å². The molecule has 0 fully saturated rings. The highest BCUT2D eigenvalue weighted by atomic mass is 19.1. The van der Waals surface area contributed by atoms with E-state index in [1.165, 1.54) is 12.1 Å². The summed E-state index contributed by atoms with van der Waals surface area (Å²) in [4.78, 5) is 12.3. The van der Waals surface area contributed by atoms with Crippen molar-refractivity contribution < 1.29 is 9.18 Å². The zero-order chi connectivity index (χ0) is 16.4.